The average molecular weight is 749 g/mol. The Morgan fingerprint density at radius 3 is 2.14 bits per heavy atom. The number of ether oxygens (including phenoxy) is 1. The zero-order valence-corrected chi connectivity index (χ0v) is 28.9. The van der Waals surface area contributed by atoms with Crippen LogP contribution in [0.1, 0.15) is 48.0 Å². The summed E-state index contributed by atoms with van der Waals surface area (Å²) in [4.78, 5) is 56.0. The van der Waals surface area contributed by atoms with Crippen LogP contribution in [0.4, 0.5) is 29.5 Å². The lowest BCUT2D eigenvalue weighted by Crippen LogP contribution is -2.44. The highest BCUT2D eigenvalue weighted by molar-refractivity contribution is 7.90. The van der Waals surface area contributed by atoms with Gasteiger partial charge >= 0.3 is 12.2 Å². The van der Waals surface area contributed by atoms with E-state index in [2.05, 4.69) is 20.9 Å². The number of hydrogen-bond donors (Lipinski definition) is 4. The maximum Gasteiger partial charge on any atom is 0.416 e. The number of halogens is 4. The Morgan fingerprint density at radius 1 is 0.882 bits per heavy atom. The molecule has 4 rings (SSSR count). The molecular weight excluding hydrogens is 717 g/mol. The second-order valence-electron chi connectivity index (χ2n) is 11.9. The van der Waals surface area contributed by atoms with E-state index in [1.807, 2.05) is 18.2 Å². The Labute approximate surface area is 295 Å². The summed E-state index contributed by atoms with van der Waals surface area (Å²) in [5, 5.41) is 7.15. The number of rotatable bonds is 11. The lowest BCUT2D eigenvalue weighted by Gasteiger charge is -2.21. The van der Waals surface area contributed by atoms with Crippen LogP contribution in [0.2, 0.25) is 5.15 Å². The molecule has 1 heterocycles. The Bertz CT molecular complexity index is 2090. The fourth-order valence-electron chi connectivity index (χ4n) is 4.46. The molecule has 4 N–H and O–H groups in total. The quantitative estimate of drug-likeness (QED) is 0.160. The lowest BCUT2D eigenvalue weighted by atomic mass is 10.1. The van der Waals surface area contributed by atoms with Gasteiger partial charge in [-0.2, -0.15) is 13.2 Å². The molecule has 0 atom stereocenters. The smallest absolute Gasteiger partial charge is 0.370 e. The number of para-hydroxylation sites is 1. The molecule has 0 saturated heterocycles. The predicted molar refractivity (Wildman–Crippen MR) is 182 cm³/mol. The first kappa shape index (κ1) is 38.5. The highest BCUT2D eigenvalue weighted by Gasteiger charge is 2.31. The summed E-state index contributed by atoms with van der Waals surface area (Å²) in [5.41, 5.74) is -2.36. The van der Waals surface area contributed by atoms with Gasteiger partial charge in [-0.05, 0) is 62.7 Å². The summed E-state index contributed by atoms with van der Waals surface area (Å²) >= 11 is 6.44. The van der Waals surface area contributed by atoms with Crippen LogP contribution < -0.4 is 26.2 Å². The number of benzene rings is 3. The zero-order chi connectivity index (χ0) is 37.6. The molecule has 0 fully saturated rings. The van der Waals surface area contributed by atoms with Gasteiger partial charge in [0.25, 0.3) is 21.5 Å². The van der Waals surface area contributed by atoms with E-state index in [1.54, 1.807) is 37.6 Å². The third-order valence-electron chi connectivity index (χ3n) is 6.76. The molecule has 0 unspecified atom stereocenters. The molecule has 0 aliphatic rings. The van der Waals surface area contributed by atoms with E-state index in [0.29, 0.717) is 24.3 Å². The van der Waals surface area contributed by atoms with E-state index >= 15 is 0 Å². The van der Waals surface area contributed by atoms with E-state index in [4.69, 9.17) is 16.3 Å². The number of carbonyl (C=O) groups is 3. The topological polar surface area (TPSA) is 178 Å². The number of alkyl halides is 3. The van der Waals surface area contributed by atoms with Crippen LogP contribution in [-0.2, 0) is 45.5 Å². The van der Waals surface area contributed by atoms with E-state index in [-0.39, 0.29) is 35.3 Å². The summed E-state index contributed by atoms with van der Waals surface area (Å²) in [6.45, 7) is 4.25. The maximum atomic E-state index is 13.6. The molecule has 0 aliphatic carbocycles. The molecule has 0 spiro atoms. The van der Waals surface area contributed by atoms with E-state index in [1.165, 1.54) is 24.3 Å². The minimum Gasteiger partial charge on any atom is -0.370 e. The summed E-state index contributed by atoms with van der Waals surface area (Å²) in [7, 11) is -4.64. The molecule has 270 valence electrons. The molecule has 13 nitrogen and oxygen atoms in total. The van der Waals surface area contributed by atoms with Crippen molar-refractivity contribution in [1.29, 1.82) is 0 Å². The van der Waals surface area contributed by atoms with Crippen LogP contribution in [-0.4, -0.2) is 41.4 Å². The van der Waals surface area contributed by atoms with E-state index < -0.39 is 68.0 Å². The number of urea groups is 1. The fourth-order valence-corrected chi connectivity index (χ4v) is 5.67. The van der Waals surface area contributed by atoms with Gasteiger partial charge in [-0.3, -0.25) is 24.3 Å². The number of sulfonamides is 1. The van der Waals surface area contributed by atoms with Gasteiger partial charge in [-0.25, -0.2) is 22.9 Å². The van der Waals surface area contributed by atoms with Crippen molar-refractivity contribution in [3.05, 3.63) is 117 Å². The van der Waals surface area contributed by atoms with Crippen molar-refractivity contribution in [2.75, 3.05) is 10.6 Å². The molecule has 18 heteroatoms. The van der Waals surface area contributed by atoms with Gasteiger partial charge < -0.3 is 15.4 Å². The maximum absolute atomic E-state index is 13.6. The van der Waals surface area contributed by atoms with Crippen molar-refractivity contribution in [1.82, 2.24) is 19.6 Å². The van der Waals surface area contributed by atoms with Gasteiger partial charge in [0.15, 0.2) is 5.15 Å². The first-order valence-corrected chi connectivity index (χ1v) is 16.8. The molecule has 0 radical (unpaired) electrons. The summed E-state index contributed by atoms with van der Waals surface area (Å²) in [5.74, 6) is -2.57. The Kier molecular flexibility index (Phi) is 11.9. The summed E-state index contributed by atoms with van der Waals surface area (Å²) in [6, 6.07) is 16.1. The van der Waals surface area contributed by atoms with Crippen molar-refractivity contribution in [3.8, 4) is 0 Å². The molecule has 4 amide bonds. The highest BCUT2D eigenvalue weighted by atomic mass is 35.5. The van der Waals surface area contributed by atoms with Crippen LogP contribution in [0.3, 0.4) is 0 Å². The van der Waals surface area contributed by atoms with E-state index in [0.717, 1.165) is 10.1 Å². The third-order valence-corrected chi connectivity index (χ3v) is 8.41. The number of hydrogen-bond acceptors (Lipinski definition) is 8. The molecule has 1 aromatic heterocycles. The molecule has 51 heavy (non-hydrogen) atoms. The zero-order valence-electron chi connectivity index (χ0n) is 27.3. The van der Waals surface area contributed by atoms with Gasteiger partial charge in [0.05, 0.1) is 40.6 Å². The van der Waals surface area contributed by atoms with Crippen molar-refractivity contribution >= 4 is 51.0 Å². The van der Waals surface area contributed by atoms with Crippen molar-refractivity contribution < 1.29 is 40.7 Å². The monoisotopic (exact) mass is 748 g/mol. The second kappa shape index (κ2) is 15.7. The fraction of sp³-hybridized carbons (Fsp3) is 0.242. The largest absolute Gasteiger partial charge is 0.416 e. The Morgan fingerprint density at radius 2 is 1.51 bits per heavy atom. The number of aromatic nitrogens is 2. The number of anilines is 2. The Hall–Kier alpha value is -5.26. The molecule has 0 saturated carbocycles. The van der Waals surface area contributed by atoms with Crippen LogP contribution in [0.15, 0.2) is 88.6 Å². The van der Waals surface area contributed by atoms with Crippen LogP contribution in [0.25, 0.3) is 0 Å². The SMILES string of the molecule is CC(C)(C)NC(=O)Nc1nc(Cl)c(COCc2ccccc2)n(CC(=O)Nc2ccccc2C(=O)NS(=O)(=O)c2ccc(C(F)(F)F)cc2)c1=O. The van der Waals surface area contributed by atoms with Gasteiger partial charge in [-0.15, -0.1) is 0 Å². The molecule has 0 bridgehead atoms. The number of nitrogens with one attached hydrogen (secondary N) is 4. The van der Waals surface area contributed by atoms with Gasteiger partial charge in [-0.1, -0.05) is 54.1 Å². The van der Waals surface area contributed by atoms with Gasteiger partial charge in [0.2, 0.25) is 11.7 Å². The van der Waals surface area contributed by atoms with Crippen LogP contribution in [0.5, 0.6) is 0 Å². The van der Waals surface area contributed by atoms with Gasteiger partial charge in [0, 0.05) is 5.54 Å². The van der Waals surface area contributed by atoms with E-state index in [9.17, 15) is 40.8 Å². The van der Waals surface area contributed by atoms with Crippen molar-refractivity contribution in [2.45, 2.75) is 57.1 Å². The molecule has 4 aromatic rings. The summed E-state index contributed by atoms with van der Waals surface area (Å²) < 4.78 is 72.9. The predicted octanol–water partition coefficient (Wildman–Crippen LogP) is 5.31. The van der Waals surface area contributed by atoms with Gasteiger partial charge in [0.1, 0.15) is 6.54 Å². The minimum atomic E-state index is -4.70. The Balaban J connectivity index is 1.58. The molecule has 3 aromatic carbocycles. The minimum absolute atomic E-state index is 0.0109. The third kappa shape index (κ3) is 10.6. The van der Waals surface area contributed by atoms with Crippen molar-refractivity contribution in [2.24, 2.45) is 0 Å². The number of amides is 4. The number of nitrogens with zero attached hydrogens (tertiary/aromatic N) is 2. The van der Waals surface area contributed by atoms with Crippen molar-refractivity contribution in [3.63, 3.8) is 0 Å². The molecular formula is C33H32ClF3N6O7S. The average Bonchev–Trinajstić information content (AvgIpc) is 3.04. The standard InChI is InChI=1S/C33H32ClF3N6O7S/c1-32(2,3)41-31(47)40-28-30(46)43(25(27(34)39-28)19-50-18-20-9-5-4-6-10-20)17-26(44)38-24-12-8-7-11-23(24)29(45)42-51(48,49)22-15-13-21(14-16-22)33(35,36)37/h4-16H,17-19H2,1-3H3,(H,38,44)(H,42,45)(H2,39,40,41,47). The normalized spacial score (nSPS) is 11.8. The van der Waals surface area contributed by atoms with Crippen LogP contribution >= 0.6 is 11.6 Å². The number of carbonyl (C=O) groups excluding carboxylic acids is 3. The summed E-state index contributed by atoms with van der Waals surface area (Å²) in [6.07, 6.45) is -4.70. The second-order valence-corrected chi connectivity index (χ2v) is 14.0. The first-order valence-electron chi connectivity index (χ1n) is 15.0. The lowest BCUT2D eigenvalue weighted by molar-refractivity contribution is -0.137. The first-order chi connectivity index (χ1) is 23.8. The highest BCUT2D eigenvalue weighted by Crippen LogP contribution is 2.30. The van der Waals surface area contributed by atoms with Crippen LogP contribution in [0, 0.1) is 0 Å². The molecule has 0 aliphatic heterocycles.